The van der Waals surface area contributed by atoms with Crippen LogP contribution in [-0.2, 0) is 0 Å². The first kappa shape index (κ1) is 46.6. The Bertz CT molecular complexity index is 2900. The molecular weight excluding hydrogens is 957 g/mol. The summed E-state index contributed by atoms with van der Waals surface area (Å²) in [5.74, 6) is -0.770. The number of ether oxygens (including phenoxy) is 2. The number of nitrogens with zero attached hydrogens (tertiary/aromatic N) is 6. The van der Waals surface area contributed by atoms with E-state index < -0.39 is 37.6 Å². The van der Waals surface area contributed by atoms with Gasteiger partial charge in [-0.15, -0.1) is 5.10 Å². The molecule has 7 aromatic rings. The molecule has 0 unspecified atom stereocenters. The number of rotatable bonds is 15. The lowest BCUT2D eigenvalue weighted by atomic mass is 10.1. The Kier molecular flexibility index (Phi) is 13.5. The predicted molar refractivity (Wildman–Crippen MR) is 237 cm³/mol. The largest absolute Gasteiger partial charge is 0.494 e. The molecule has 0 aliphatic heterocycles. The van der Waals surface area contributed by atoms with E-state index in [-0.39, 0.29) is 59.2 Å². The summed E-state index contributed by atoms with van der Waals surface area (Å²) >= 11 is 3.29. The monoisotopic (exact) mass is 996 g/mol. The summed E-state index contributed by atoms with van der Waals surface area (Å²) in [6, 6.07) is 21.3. The number of fused-ring (bicyclic) bond motifs is 2. The number of hydrogen-bond donors (Lipinski definition) is 4. The summed E-state index contributed by atoms with van der Waals surface area (Å²) in [6.07, 6.45) is -3.47. The van der Waals surface area contributed by atoms with Crippen molar-refractivity contribution in [3.05, 3.63) is 113 Å². The van der Waals surface area contributed by atoms with Gasteiger partial charge >= 0.3 is 12.4 Å². The van der Waals surface area contributed by atoms with Gasteiger partial charge in [-0.2, -0.15) is 31.4 Å². The van der Waals surface area contributed by atoms with Gasteiger partial charge in [0.2, 0.25) is 5.88 Å². The van der Waals surface area contributed by atoms with Gasteiger partial charge in [-0.1, -0.05) is 24.3 Å². The van der Waals surface area contributed by atoms with Gasteiger partial charge in [0.1, 0.15) is 10.4 Å². The van der Waals surface area contributed by atoms with E-state index in [0.717, 1.165) is 37.3 Å². The molecule has 14 nitrogen and oxygen atoms in total. The summed E-state index contributed by atoms with van der Waals surface area (Å²) < 4.78 is 104. The lowest BCUT2D eigenvalue weighted by Gasteiger charge is -2.13. The van der Waals surface area contributed by atoms with E-state index in [0.29, 0.717) is 44.0 Å². The first-order valence-corrected chi connectivity index (χ1v) is 21.7. The highest BCUT2D eigenvalue weighted by Gasteiger charge is 2.28. The number of amides is 2. The third-order valence-corrected chi connectivity index (χ3v) is 10.8. The Morgan fingerprint density at radius 3 is 1.61 bits per heavy atom. The number of aromatic nitrogens is 6. The molecule has 2 saturated carbocycles. The zero-order valence-corrected chi connectivity index (χ0v) is 36.9. The number of carbonyl (C=O) groups excluding carboxylic acids is 2. The molecule has 4 N–H and O–H groups in total. The number of halogens is 8. The summed E-state index contributed by atoms with van der Waals surface area (Å²) in [4.78, 5) is 33.1. The molecule has 0 atom stereocenters. The normalized spacial score (nSPS) is 13.7. The number of imidazole rings is 2. The molecule has 350 valence electrons. The maximum absolute atomic E-state index is 14.2. The SMILES string of the molecule is COc1ccc(Oc2cc(NCCC(F)(F)F)c3ncc(-c4ccc(C(=O)NC5CC5)cc4)n3n2)cc1F.O=C(NC1CC1)c1ccc(-c2cnc3c(NCCC(F)(F)F)cc(Br)nn23)cc1. The molecular formula is C45H40BrF7N10O4. The number of hydrogen-bond acceptors (Lipinski definition) is 10. The number of carbonyl (C=O) groups is 2. The van der Waals surface area contributed by atoms with Crippen LogP contribution in [0.4, 0.5) is 42.1 Å². The van der Waals surface area contributed by atoms with E-state index >= 15 is 0 Å². The second kappa shape index (κ2) is 19.5. The Labute approximate surface area is 385 Å². The summed E-state index contributed by atoms with van der Waals surface area (Å²) in [7, 11) is 1.33. The van der Waals surface area contributed by atoms with Crippen molar-refractivity contribution in [2.24, 2.45) is 0 Å². The van der Waals surface area contributed by atoms with Crippen molar-refractivity contribution in [2.75, 3.05) is 30.8 Å². The molecule has 0 radical (unpaired) electrons. The van der Waals surface area contributed by atoms with E-state index in [1.807, 2.05) is 0 Å². The first-order chi connectivity index (χ1) is 32.0. The smallest absolute Gasteiger partial charge is 0.390 e. The number of methoxy groups -OCH3 is 1. The second-order valence-corrected chi connectivity index (χ2v) is 16.5. The maximum Gasteiger partial charge on any atom is 0.390 e. The molecule has 2 amide bonds. The number of benzene rings is 3. The first-order valence-electron chi connectivity index (χ1n) is 20.9. The summed E-state index contributed by atoms with van der Waals surface area (Å²) in [6.45, 7) is -0.657. The standard InChI is InChI=1S/C26H23F4N5O3.C19H17BrF3N5O/c1-37-22-9-8-18(12-19(22)27)38-23-13-20(31-11-10-26(28,29)30)24-32-14-21(35(24)34-23)15-2-4-16(5-3-15)25(36)33-17-6-7-17;20-16-9-14(24-8-7-19(21,22)23)17-25-10-15(28(17)27-16)11-1-3-12(4-2-11)18(29)26-13-5-6-13/h2-5,8-9,12-14,17,31H,6-7,10-11H2,1H3,(H,33,36);1-4,9-10,13,24H,5-8H2,(H,26,29). The number of alkyl halides is 6. The molecule has 2 fully saturated rings. The van der Waals surface area contributed by atoms with Gasteiger partial charge in [-0.25, -0.2) is 23.4 Å². The predicted octanol–water partition coefficient (Wildman–Crippen LogP) is 10.0. The van der Waals surface area contributed by atoms with Crippen LogP contribution >= 0.6 is 15.9 Å². The fraction of sp³-hybridized carbons (Fsp3) is 0.289. The highest BCUT2D eigenvalue weighted by Crippen LogP contribution is 2.32. The van der Waals surface area contributed by atoms with Crippen molar-refractivity contribution in [2.45, 2.75) is 63.0 Å². The van der Waals surface area contributed by atoms with Crippen molar-refractivity contribution in [3.8, 4) is 39.9 Å². The minimum absolute atomic E-state index is 0.00347. The van der Waals surface area contributed by atoms with Gasteiger partial charge in [0.05, 0.1) is 55.1 Å². The maximum atomic E-state index is 14.2. The number of nitrogens with one attached hydrogen (secondary N) is 4. The number of anilines is 2. The lowest BCUT2D eigenvalue weighted by Crippen LogP contribution is -2.25. The minimum Gasteiger partial charge on any atom is -0.494 e. The van der Waals surface area contributed by atoms with E-state index in [9.17, 15) is 40.3 Å². The third kappa shape index (κ3) is 12.1. The summed E-state index contributed by atoms with van der Waals surface area (Å²) in [5.41, 5.74) is 5.08. The van der Waals surface area contributed by atoms with Crippen molar-refractivity contribution < 1.29 is 49.8 Å². The molecule has 4 heterocycles. The van der Waals surface area contributed by atoms with Gasteiger partial charge in [-0.05, 0) is 84.1 Å². The molecule has 9 rings (SSSR count). The molecule has 3 aromatic carbocycles. The van der Waals surface area contributed by atoms with Crippen molar-refractivity contribution in [3.63, 3.8) is 0 Å². The van der Waals surface area contributed by atoms with Gasteiger partial charge < -0.3 is 30.7 Å². The average Bonchev–Trinajstić information content (AvgIpc) is 4.20. The highest BCUT2D eigenvalue weighted by molar-refractivity contribution is 9.10. The van der Waals surface area contributed by atoms with Gasteiger partial charge in [-0.3, -0.25) is 9.59 Å². The molecule has 0 spiro atoms. The van der Waals surface area contributed by atoms with E-state index in [2.05, 4.69) is 57.4 Å². The van der Waals surface area contributed by atoms with Crippen molar-refractivity contribution in [1.29, 1.82) is 0 Å². The van der Waals surface area contributed by atoms with Crippen LogP contribution in [-0.4, -0.2) is 85.6 Å². The van der Waals surface area contributed by atoms with Crippen molar-refractivity contribution >= 4 is 50.4 Å². The van der Waals surface area contributed by atoms with Crippen LogP contribution in [0.15, 0.2) is 95.9 Å². The topological polar surface area (TPSA) is 161 Å². The van der Waals surface area contributed by atoms with Crippen LogP contribution in [0.2, 0.25) is 0 Å². The summed E-state index contributed by atoms with van der Waals surface area (Å²) in [5, 5.41) is 20.2. The Morgan fingerprint density at radius 1 is 0.687 bits per heavy atom. The van der Waals surface area contributed by atoms with E-state index in [1.54, 1.807) is 65.3 Å². The van der Waals surface area contributed by atoms with Crippen molar-refractivity contribution in [1.82, 2.24) is 39.8 Å². The van der Waals surface area contributed by atoms with Gasteiger partial charge in [0.25, 0.3) is 11.8 Å². The van der Waals surface area contributed by atoms with E-state index in [4.69, 9.17) is 9.47 Å². The zero-order valence-electron chi connectivity index (χ0n) is 35.3. The zero-order chi connectivity index (χ0) is 47.5. The van der Waals surface area contributed by atoms with Crippen LogP contribution in [0.3, 0.4) is 0 Å². The molecule has 4 aromatic heterocycles. The molecule has 2 aliphatic rings. The molecule has 67 heavy (non-hydrogen) atoms. The van der Waals surface area contributed by atoms with Crippen LogP contribution in [0.1, 0.15) is 59.2 Å². The molecule has 0 bridgehead atoms. The second-order valence-electron chi connectivity index (χ2n) is 15.7. The van der Waals surface area contributed by atoms with Crippen LogP contribution in [0.5, 0.6) is 17.4 Å². The van der Waals surface area contributed by atoms with Gasteiger partial charge in [0.15, 0.2) is 22.9 Å². The van der Waals surface area contributed by atoms with Crippen LogP contribution < -0.4 is 30.7 Å². The van der Waals surface area contributed by atoms with Crippen LogP contribution in [0, 0.1) is 5.82 Å². The van der Waals surface area contributed by atoms with Gasteiger partial charge in [0, 0.05) is 59.6 Å². The average molecular weight is 998 g/mol. The fourth-order valence-electron chi connectivity index (χ4n) is 6.68. The molecule has 22 heteroatoms. The highest BCUT2D eigenvalue weighted by atomic mass is 79.9. The molecule has 2 aliphatic carbocycles. The molecule has 0 saturated heterocycles. The fourth-order valence-corrected chi connectivity index (χ4v) is 7.06. The Balaban J connectivity index is 0.000000188. The lowest BCUT2D eigenvalue weighted by molar-refractivity contribution is -0.132. The third-order valence-electron chi connectivity index (χ3n) is 10.4. The quantitative estimate of drug-likeness (QED) is 0.0728. The Morgan fingerprint density at radius 2 is 1.16 bits per heavy atom. The van der Waals surface area contributed by atoms with Crippen LogP contribution in [0.25, 0.3) is 33.8 Å². The minimum atomic E-state index is -4.34. The Hall–Kier alpha value is -6.97. The van der Waals surface area contributed by atoms with E-state index in [1.165, 1.54) is 36.0 Å².